The van der Waals surface area contributed by atoms with Crippen molar-refractivity contribution >= 4 is 22.6 Å². The minimum atomic E-state index is -0.292. The first-order valence-electron chi connectivity index (χ1n) is 9.81. The van der Waals surface area contributed by atoms with E-state index in [9.17, 15) is 9.59 Å². The fraction of sp³-hybridized carbons (Fsp3) is 0.217. The van der Waals surface area contributed by atoms with Gasteiger partial charge >= 0.3 is 0 Å². The molecule has 0 aliphatic rings. The molecule has 0 unspecified atom stereocenters. The highest BCUT2D eigenvalue weighted by Gasteiger charge is 2.16. The monoisotopic (exact) mass is 401 g/mol. The van der Waals surface area contributed by atoms with E-state index in [1.165, 1.54) is 27.6 Å². The van der Waals surface area contributed by atoms with Crippen molar-refractivity contribution in [2.24, 2.45) is 0 Å². The highest BCUT2D eigenvalue weighted by Crippen LogP contribution is 2.19. The number of nitrogens with zero attached hydrogens (tertiary/aromatic N) is 5. The molecular weight excluding hydrogens is 378 g/mol. The van der Waals surface area contributed by atoms with Gasteiger partial charge in [-0.25, -0.2) is 9.67 Å². The van der Waals surface area contributed by atoms with Crippen molar-refractivity contribution in [1.82, 2.24) is 19.3 Å². The molecule has 30 heavy (non-hydrogen) atoms. The second kappa shape index (κ2) is 7.94. The molecule has 2 aromatic carbocycles. The number of hydrogen-bond acceptors (Lipinski definition) is 4. The van der Waals surface area contributed by atoms with Crippen LogP contribution in [-0.2, 0) is 11.3 Å². The lowest BCUT2D eigenvalue weighted by molar-refractivity contribution is -0.118. The maximum absolute atomic E-state index is 12.9. The Morgan fingerprint density at radius 1 is 1.07 bits per heavy atom. The lowest BCUT2D eigenvalue weighted by Gasteiger charge is -2.17. The number of fused-ring (bicyclic) bond motifs is 1. The zero-order valence-corrected chi connectivity index (χ0v) is 17.2. The number of benzene rings is 2. The first-order chi connectivity index (χ1) is 14.5. The van der Waals surface area contributed by atoms with Crippen LogP contribution in [0.5, 0.6) is 0 Å². The molecule has 2 aromatic heterocycles. The van der Waals surface area contributed by atoms with E-state index in [1.54, 1.807) is 11.7 Å². The van der Waals surface area contributed by atoms with Crippen molar-refractivity contribution in [3.63, 3.8) is 0 Å². The summed E-state index contributed by atoms with van der Waals surface area (Å²) in [5, 5.41) is 4.72. The first kappa shape index (κ1) is 19.6. The van der Waals surface area contributed by atoms with Crippen molar-refractivity contribution in [1.29, 1.82) is 0 Å². The number of amides is 1. The van der Waals surface area contributed by atoms with Crippen LogP contribution in [0.4, 0.5) is 5.69 Å². The number of anilines is 1. The Labute approximate surface area is 174 Å². The van der Waals surface area contributed by atoms with E-state index in [0.717, 1.165) is 11.4 Å². The number of para-hydroxylation sites is 1. The number of aromatic nitrogens is 4. The van der Waals surface area contributed by atoms with Gasteiger partial charge in [0.05, 0.1) is 11.9 Å². The van der Waals surface area contributed by atoms with Crippen LogP contribution in [0.1, 0.15) is 25.3 Å². The number of rotatable bonds is 5. The van der Waals surface area contributed by atoms with Crippen molar-refractivity contribution in [3.8, 4) is 5.69 Å². The largest absolute Gasteiger partial charge is 0.314 e. The second-order valence-corrected chi connectivity index (χ2v) is 7.51. The molecule has 4 aromatic rings. The van der Waals surface area contributed by atoms with Gasteiger partial charge in [-0.05, 0) is 35.7 Å². The van der Waals surface area contributed by atoms with Crippen LogP contribution in [0.3, 0.4) is 0 Å². The third-order valence-electron chi connectivity index (χ3n) is 5.18. The summed E-state index contributed by atoms with van der Waals surface area (Å²) >= 11 is 0. The number of likely N-dealkylation sites (N-methyl/N-ethyl adjacent to an activating group) is 1. The van der Waals surface area contributed by atoms with E-state index in [-0.39, 0.29) is 18.0 Å². The topological polar surface area (TPSA) is 73.0 Å². The van der Waals surface area contributed by atoms with Gasteiger partial charge in [0.15, 0.2) is 5.65 Å². The third-order valence-corrected chi connectivity index (χ3v) is 5.18. The molecule has 0 aliphatic carbocycles. The third kappa shape index (κ3) is 3.61. The Bertz CT molecular complexity index is 1240. The quantitative estimate of drug-likeness (QED) is 0.514. The maximum Gasteiger partial charge on any atom is 0.264 e. The summed E-state index contributed by atoms with van der Waals surface area (Å²) in [5.41, 5.74) is 3.00. The molecule has 0 fully saturated rings. The molecule has 0 N–H and O–H groups in total. The molecule has 0 atom stereocenters. The predicted molar refractivity (Wildman–Crippen MR) is 117 cm³/mol. The lowest BCUT2D eigenvalue weighted by atomic mass is 10.0. The van der Waals surface area contributed by atoms with Crippen LogP contribution >= 0.6 is 0 Å². The molecule has 1 amide bonds. The zero-order valence-electron chi connectivity index (χ0n) is 17.2. The first-order valence-corrected chi connectivity index (χ1v) is 9.81. The van der Waals surface area contributed by atoms with E-state index in [4.69, 9.17) is 0 Å². The molecule has 4 rings (SSSR count). The molecular formula is C23H23N5O2. The van der Waals surface area contributed by atoms with Crippen LogP contribution in [0.15, 0.2) is 71.9 Å². The van der Waals surface area contributed by atoms with Gasteiger partial charge in [0.25, 0.3) is 5.56 Å². The maximum atomic E-state index is 12.9. The minimum Gasteiger partial charge on any atom is -0.314 e. The predicted octanol–water partition coefficient (Wildman–Crippen LogP) is 3.37. The van der Waals surface area contributed by atoms with Gasteiger partial charge in [0, 0.05) is 12.7 Å². The van der Waals surface area contributed by atoms with E-state index < -0.39 is 0 Å². The smallest absolute Gasteiger partial charge is 0.264 e. The van der Waals surface area contributed by atoms with E-state index in [1.807, 2.05) is 54.6 Å². The Kier molecular flexibility index (Phi) is 5.18. The zero-order chi connectivity index (χ0) is 21.3. The van der Waals surface area contributed by atoms with E-state index in [2.05, 4.69) is 23.9 Å². The average molecular weight is 401 g/mol. The molecule has 0 aliphatic heterocycles. The molecule has 0 radical (unpaired) electrons. The highest BCUT2D eigenvalue weighted by molar-refractivity contribution is 5.92. The molecule has 0 saturated heterocycles. The Balaban J connectivity index is 1.62. The summed E-state index contributed by atoms with van der Waals surface area (Å²) in [6, 6.07) is 17.3. The Morgan fingerprint density at radius 3 is 2.43 bits per heavy atom. The molecule has 7 nitrogen and oxygen atoms in total. The minimum absolute atomic E-state index is 0.0958. The Hall–Kier alpha value is -3.74. The van der Waals surface area contributed by atoms with Crippen LogP contribution in [0, 0.1) is 0 Å². The lowest BCUT2D eigenvalue weighted by Crippen LogP contribution is -2.34. The highest BCUT2D eigenvalue weighted by atomic mass is 16.2. The average Bonchev–Trinajstić information content (AvgIpc) is 3.20. The van der Waals surface area contributed by atoms with Gasteiger partial charge in [-0.15, -0.1) is 0 Å². The van der Waals surface area contributed by atoms with Gasteiger partial charge < -0.3 is 4.90 Å². The van der Waals surface area contributed by atoms with Crippen LogP contribution in [-0.4, -0.2) is 32.3 Å². The fourth-order valence-electron chi connectivity index (χ4n) is 3.30. The van der Waals surface area contributed by atoms with Crippen molar-refractivity contribution in [2.45, 2.75) is 26.3 Å². The van der Waals surface area contributed by atoms with Gasteiger partial charge in [0.1, 0.15) is 18.3 Å². The SMILES string of the molecule is CC(C)c1ccc(-n2ncc3c(=O)n(CC(=O)N(C)c4ccccc4)cnc32)cc1. The van der Waals surface area contributed by atoms with Crippen LogP contribution in [0.2, 0.25) is 0 Å². The number of carbonyl (C=O) groups is 1. The molecule has 0 saturated carbocycles. The molecule has 0 spiro atoms. The van der Waals surface area contributed by atoms with Gasteiger partial charge in [-0.3, -0.25) is 14.2 Å². The summed E-state index contributed by atoms with van der Waals surface area (Å²) in [6.45, 7) is 4.18. The summed E-state index contributed by atoms with van der Waals surface area (Å²) in [5.74, 6) is 0.228. The summed E-state index contributed by atoms with van der Waals surface area (Å²) < 4.78 is 2.96. The van der Waals surface area contributed by atoms with Crippen molar-refractivity contribution in [2.75, 3.05) is 11.9 Å². The summed E-state index contributed by atoms with van der Waals surface area (Å²) in [7, 11) is 1.69. The fourth-order valence-corrected chi connectivity index (χ4v) is 3.30. The van der Waals surface area contributed by atoms with Crippen LogP contribution in [0.25, 0.3) is 16.7 Å². The van der Waals surface area contributed by atoms with Crippen molar-refractivity contribution < 1.29 is 4.79 Å². The van der Waals surface area contributed by atoms with E-state index >= 15 is 0 Å². The summed E-state index contributed by atoms with van der Waals surface area (Å²) in [4.78, 5) is 31.5. The Morgan fingerprint density at radius 2 is 1.77 bits per heavy atom. The van der Waals surface area contributed by atoms with Crippen LogP contribution < -0.4 is 10.5 Å². The molecule has 7 heteroatoms. The normalized spacial score (nSPS) is 11.2. The van der Waals surface area contributed by atoms with Gasteiger partial charge in [-0.1, -0.05) is 44.2 Å². The molecule has 0 bridgehead atoms. The standard InChI is InChI=1S/C23H23N5O2/c1-16(2)17-9-11-19(12-10-17)28-22-20(13-25-28)23(30)27(15-24-22)14-21(29)26(3)18-7-5-4-6-8-18/h4-13,15-16H,14H2,1-3H3. The van der Waals surface area contributed by atoms with E-state index in [0.29, 0.717) is 17.0 Å². The summed E-state index contributed by atoms with van der Waals surface area (Å²) in [6.07, 6.45) is 2.91. The van der Waals surface area contributed by atoms with Crippen molar-refractivity contribution in [3.05, 3.63) is 83.0 Å². The molecule has 2 heterocycles. The number of hydrogen-bond donors (Lipinski definition) is 0. The van der Waals surface area contributed by atoms with Gasteiger partial charge in [-0.2, -0.15) is 5.10 Å². The van der Waals surface area contributed by atoms with Gasteiger partial charge in [0.2, 0.25) is 5.91 Å². The number of carbonyl (C=O) groups excluding carboxylic acids is 1. The second-order valence-electron chi connectivity index (χ2n) is 7.51. The molecule has 152 valence electrons.